The molecule has 0 spiro atoms. The summed E-state index contributed by atoms with van der Waals surface area (Å²) in [5.74, 6) is -0.151. The largest absolute Gasteiger partial charge is 0.416 e. The Morgan fingerprint density at radius 2 is 1.51 bits per heavy atom. The molecule has 1 aliphatic rings. The molecule has 0 bridgehead atoms. The molecule has 1 aliphatic heterocycles. The Hall–Kier alpha value is -4.07. The van der Waals surface area contributed by atoms with Crippen molar-refractivity contribution < 1.29 is 18.0 Å². The van der Waals surface area contributed by atoms with Crippen molar-refractivity contribution in [2.24, 2.45) is 0 Å². The van der Waals surface area contributed by atoms with Crippen LogP contribution in [0, 0.1) is 27.7 Å². The van der Waals surface area contributed by atoms with E-state index in [2.05, 4.69) is 26.0 Å². The first-order valence-electron chi connectivity index (χ1n) is 13.0. The Kier molecular flexibility index (Phi) is 6.97. The number of aromatic nitrogens is 2. The van der Waals surface area contributed by atoms with E-state index in [0.29, 0.717) is 43.3 Å². The third-order valence-corrected chi connectivity index (χ3v) is 7.43. The van der Waals surface area contributed by atoms with E-state index in [0.717, 1.165) is 34.0 Å². The molecule has 2 heterocycles. The van der Waals surface area contributed by atoms with Gasteiger partial charge in [0.25, 0.3) is 5.91 Å². The molecule has 39 heavy (non-hydrogen) atoms. The van der Waals surface area contributed by atoms with Gasteiger partial charge in [0, 0.05) is 37.4 Å². The average molecular weight is 533 g/mol. The van der Waals surface area contributed by atoms with Gasteiger partial charge >= 0.3 is 6.18 Å². The third kappa shape index (κ3) is 5.41. The fourth-order valence-corrected chi connectivity index (χ4v) is 4.92. The Labute approximate surface area is 226 Å². The van der Waals surface area contributed by atoms with E-state index < -0.39 is 11.7 Å². The normalized spacial score (nSPS) is 14.1. The lowest BCUT2D eigenvalue weighted by Crippen LogP contribution is -2.49. The van der Waals surface area contributed by atoms with Crippen LogP contribution in [-0.2, 0) is 6.18 Å². The number of carbonyl (C=O) groups is 1. The Bertz CT molecular complexity index is 1530. The van der Waals surface area contributed by atoms with Gasteiger partial charge in [-0.25, -0.2) is 4.68 Å². The van der Waals surface area contributed by atoms with E-state index in [1.165, 1.54) is 17.7 Å². The molecule has 1 fully saturated rings. The lowest BCUT2D eigenvalue weighted by Gasteiger charge is -2.36. The van der Waals surface area contributed by atoms with Gasteiger partial charge in [-0.15, -0.1) is 0 Å². The zero-order chi connectivity index (χ0) is 27.9. The number of amides is 1. The second-order valence-corrected chi connectivity index (χ2v) is 10.2. The molecule has 1 saturated heterocycles. The summed E-state index contributed by atoms with van der Waals surface area (Å²) in [6.45, 7) is 9.78. The van der Waals surface area contributed by atoms with E-state index in [4.69, 9.17) is 5.10 Å². The minimum atomic E-state index is -4.40. The molecule has 202 valence electrons. The molecule has 4 aromatic rings. The lowest BCUT2D eigenvalue weighted by atomic mass is 10.0. The first kappa shape index (κ1) is 26.5. The van der Waals surface area contributed by atoms with Crippen LogP contribution in [0.4, 0.5) is 18.9 Å². The molecule has 5 nitrogen and oxygen atoms in total. The number of halogens is 3. The van der Waals surface area contributed by atoms with Crippen LogP contribution < -0.4 is 4.90 Å². The van der Waals surface area contributed by atoms with E-state index in [-0.39, 0.29) is 5.91 Å². The summed E-state index contributed by atoms with van der Waals surface area (Å²) in [7, 11) is 0. The molecule has 0 unspecified atom stereocenters. The summed E-state index contributed by atoms with van der Waals surface area (Å²) in [4.78, 5) is 17.5. The van der Waals surface area contributed by atoms with Gasteiger partial charge in [0.05, 0.1) is 16.9 Å². The summed E-state index contributed by atoms with van der Waals surface area (Å²) in [5.41, 5.74) is 7.18. The highest BCUT2D eigenvalue weighted by atomic mass is 19.4. The second-order valence-electron chi connectivity index (χ2n) is 10.2. The summed E-state index contributed by atoms with van der Waals surface area (Å²) < 4.78 is 41.4. The molecule has 8 heteroatoms. The number of carbonyl (C=O) groups excluding carboxylic acids is 1. The highest BCUT2D eigenvalue weighted by Crippen LogP contribution is 2.32. The third-order valence-electron chi connectivity index (χ3n) is 7.43. The molecule has 0 radical (unpaired) electrons. The van der Waals surface area contributed by atoms with Crippen LogP contribution in [0.1, 0.15) is 38.3 Å². The molecule has 0 atom stereocenters. The van der Waals surface area contributed by atoms with Crippen molar-refractivity contribution in [1.29, 1.82) is 0 Å². The van der Waals surface area contributed by atoms with Gasteiger partial charge in [0.15, 0.2) is 0 Å². The van der Waals surface area contributed by atoms with Crippen LogP contribution in [0.25, 0.3) is 16.9 Å². The molecule has 0 aliphatic carbocycles. The summed E-state index contributed by atoms with van der Waals surface area (Å²) in [6, 6.07) is 19.4. The molecule has 3 aromatic carbocycles. The minimum Gasteiger partial charge on any atom is -0.368 e. The zero-order valence-corrected chi connectivity index (χ0v) is 22.5. The second kappa shape index (κ2) is 10.2. The SMILES string of the molecule is Cc1ccc(C)c(-n2nc(-c3ccc(C)c(C)c3)cc2C(=O)N2CCN(c3cccc(C(F)(F)F)c3)CC2)c1. The summed E-state index contributed by atoms with van der Waals surface area (Å²) in [5, 5.41) is 4.89. The van der Waals surface area contributed by atoms with Crippen molar-refractivity contribution in [3.05, 3.63) is 100 Å². The fourth-order valence-electron chi connectivity index (χ4n) is 4.92. The molecule has 1 amide bonds. The van der Waals surface area contributed by atoms with Crippen molar-refractivity contribution in [1.82, 2.24) is 14.7 Å². The van der Waals surface area contributed by atoms with Gasteiger partial charge in [-0.2, -0.15) is 18.3 Å². The monoisotopic (exact) mass is 532 g/mol. The van der Waals surface area contributed by atoms with Crippen molar-refractivity contribution in [2.45, 2.75) is 33.9 Å². The maximum atomic E-state index is 13.9. The number of alkyl halides is 3. The van der Waals surface area contributed by atoms with E-state index in [1.54, 1.807) is 15.6 Å². The van der Waals surface area contributed by atoms with Crippen LogP contribution >= 0.6 is 0 Å². The Morgan fingerprint density at radius 3 is 2.21 bits per heavy atom. The van der Waals surface area contributed by atoms with Crippen LogP contribution in [0.15, 0.2) is 66.7 Å². The van der Waals surface area contributed by atoms with Crippen LogP contribution in [-0.4, -0.2) is 46.8 Å². The number of benzene rings is 3. The van der Waals surface area contributed by atoms with Gasteiger partial charge in [-0.3, -0.25) is 4.79 Å². The average Bonchev–Trinajstić information content (AvgIpc) is 3.36. The minimum absolute atomic E-state index is 0.151. The molecule has 0 N–H and O–H groups in total. The molecular formula is C31H31F3N4O. The van der Waals surface area contributed by atoms with E-state index in [1.807, 2.05) is 49.1 Å². The maximum absolute atomic E-state index is 13.9. The van der Waals surface area contributed by atoms with Crippen LogP contribution in [0.3, 0.4) is 0 Å². The maximum Gasteiger partial charge on any atom is 0.416 e. The van der Waals surface area contributed by atoms with E-state index >= 15 is 0 Å². The number of nitrogens with zero attached hydrogens (tertiary/aromatic N) is 4. The summed E-state index contributed by atoms with van der Waals surface area (Å²) >= 11 is 0. The van der Waals surface area contributed by atoms with Gasteiger partial charge < -0.3 is 9.80 Å². The smallest absolute Gasteiger partial charge is 0.368 e. The molecule has 5 rings (SSSR count). The fraction of sp³-hybridized carbons (Fsp3) is 0.290. The van der Waals surface area contributed by atoms with Crippen molar-refractivity contribution >= 4 is 11.6 Å². The lowest BCUT2D eigenvalue weighted by molar-refractivity contribution is -0.137. The number of hydrogen-bond donors (Lipinski definition) is 0. The molecule has 1 aromatic heterocycles. The Morgan fingerprint density at radius 1 is 0.795 bits per heavy atom. The first-order valence-corrected chi connectivity index (χ1v) is 13.0. The number of aryl methyl sites for hydroxylation is 4. The van der Waals surface area contributed by atoms with Crippen molar-refractivity contribution in [3.8, 4) is 16.9 Å². The van der Waals surface area contributed by atoms with E-state index in [9.17, 15) is 18.0 Å². The quantitative estimate of drug-likeness (QED) is 0.292. The van der Waals surface area contributed by atoms with Gasteiger partial charge in [-0.05, 0) is 86.3 Å². The summed E-state index contributed by atoms with van der Waals surface area (Å²) in [6.07, 6.45) is -4.40. The molecular weight excluding hydrogens is 501 g/mol. The van der Waals surface area contributed by atoms with Gasteiger partial charge in [0.2, 0.25) is 0 Å². The number of hydrogen-bond acceptors (Lipinski definition) is 3. The highest BCUT2D eigenvalue weighted by molar-refractivity contribution is 5.94. The number of rotatable bonds is 4. The van der Waals surface area contributed by atoms with Crippen LogP contribution in [0.2, 0.25) is 0 Å². The van der Waals surface area contributed by atoms with Crippen LogP contribution in [0.5, 0.6) is 0 Å². The highest BCUT2D eigenvalue weighted by Gasteiger charge is 2.32. The standard InChI is InChI=1S/C31H31F3N4O/c1-20-8-9-22(3)28(16-20)38-29(19-27(35-38)24-11-10-21(2)23(4)17-24)30(39)37-14-12-36(13-15-37)26-7-5-6-25(18-26)31(32,33)34/h5-11,16-19H,12-15H2,1-4H3. The molecule has 0 saturated carbocycles. The predicted octanol–water partition coefficient (Wildman–Crippen LogP) is 6.75. The van der Waals surface area contributed by atoms with Gasteiger partial charge in [0.1, 0.15) is 5.69 Å². The number of anilines is 1. The predicted molar refractivity (Wildman–Crippen MR) is 148 cm³/mol. The topological polar surface area (TPSA) is 41.4 Å². The van der Waals surface area contributed by atoms with Gasteiger partial charge in [-0.1, -0.05) is 30.3 Å². The van der Waals surface area contributed by atoms with Crippen molar-refractivity contribution in [3.63, 3.8) is 0 Å². The number of piperazine rings is 1. The Balaban J connectivity index is 1.44. The van der Waals surface area contributed by atoms with Crippen molar-refractivity contribution in [2.75, 3.05) is 31.1 Å². The first-order chi connectivity index (χ1) is 18.5. The zero-order valence-electron chi connectivity index (χ0n) is 22.5.